The van der Waals surface area contributed by atoms with E-state index < -0.39 is 16.6 Å². The summed E-state index contributed by atoms with van der Waals surface area (Å²) in [4.78, 5) is 22.1. The smallest absolute Gasteiger partial charge is 0.271 e. The van der Waals surface area contributed by atoms with Crippen LogP contribution in [0.25, 0.3) is 6.08 Å². The van der Waals surface area contributed by atoms with Gasteiger partial charge in [0.25, 0.3) is 11.6 Å². The average molecular weight is 390 g/mol. The number of hydrogen-bond acceptors (Lipinski definition) is 4. The lowest BCUT2D eigenvalue weighted by molar-refractivity contribution is -0.384. The molecule has 0 aliphatic carbocycles. The third kappa shape index (κ3) is 4.24. The number of amides is 1. The minimum Gasteiger partial charge on any atom is -0.319 e. The van der Waals surface area contributed by atoms with E-state index in [-0.39, 0.29) is 16.9 Å². The highest BCUT2D eigenvalue weighted by Crippen LogP contribution is 2.22. The first-order chi connectivity index (χ1) is 11.4. The number of nitro groups is 1. The van der Waals surface area contributed by atoms with E-state index in [0.717, 1.165) is 22.7 Å². The van der Waals surface area contributed by atoms with Crippen molar-refractivity contribution in [3.8, 4) is 6.07 Å². The Hall–Kier alpha value is -3.05. The second-order valence-electron chi connectivity index (χ2n) is 4.60. The Labute approximate surface area is 144 Å². The van der Waals surface area contributed by atoms with Gasteiger partial charge in [0.2, 0.25) is 0 Å². The molecule has 0 fully saturated rings. The third-order valence-corrected chi connectivity index (χ3v) is 3.43. The van der Waals surface area contributed by atoms with Gasteiger partial charge in [0.1, 0.15) is 17.5 Å². The van der Waals surface area contributed by atoms with Crippen molar-refractivity contribution in [2.24, 2.45) is 0 Å². The fraction of sp³-hybridized carbons (Fsp3) is 0. The van der Waals surface area contributed by atoms with Gasteiger partial charge in [-0.3, -0.25) is 14.9 Å². The molecule has 8 heteroatoms. The summed E-state index contributed by atoms with van der Waals surface area (Å²) in [6.07, 6.45) is 1.33. The first-order valence-electron chi connectivity index (χ1n) is 6.53. The Bertz CT molecular complexity index is 890. The standard InChI is InChI=1S/C16H9BrFN3O3/c17-12-3-1-2-10(7-12)6-11(9-19)16(22)20-15-8-13(21(23)24)4-5-14(15)18/h1-8H,(H,20,22). The molecule has 6 nitrogen and oxygen atoms in total. The Morgan fingerprint density at radius 1 is 1.33 bits per heavy atom. The van der Waals surface area contributed by atoms with Crippen LogP contribution in [-0.2, 0) is 4.79 Å². The number of benzene rings is 2. The molecule has 0 unspecified atom stereocenters. The lowest BCUT2D eigenvalue weighted by Crippen LogP contribution is -2.14. The summed E-state index contributed by atoms with van der Waals surface area (Å²) in [6, 6.07) is 11.3. The van der Waals surface area contributed by atoms with Gasteiger partial charge in [-0.25, -0.2) is 4.39 Å². The molecule has 1 N–H and O–H groups in total. The third-order valence-electron chi connectivity index (χ3n) is 2.93. The minimum atomic E-state index is -0.864. The van der Waals surface area contributed by atoms with Crippen molar-refractivity contribution in [1.29, 1.82) is 5.26 Å². The molecule has 0 atom stereocenters. The van der Waals surface area contributed by atoms with Gasteiger partial charge in [0, 0.05) is 16.6 Å². The van der Waals surface area contributed by atoms with Gasteiger partial charge < -0.3 is 5.32 Å². The van der Waals surface area contributed by atoms with Crippen molar-refractivity contribution in [3.05, 3.63) is 74.0 Å². The molecule has 2 aromatic rings. The van der Waals surface area contributed by atoms with Crippen LogP contribution < -0.4 is 5.32 Å². The van der Waals surface area contributed by atoms with Gasteiger partial charge in [0.15, 0.2) is 0 Å². The molecule has 0 saturated heterocycles. The van der Waals surface area contributed by atoms with Gasteiger partial charge in [-0.2, -0.15) is 5.26 Å². The van der Waals surface area contributed by atoms with Crippen LogP contribution in [0.2, 0.25) is 0 Å². The molecular weight excluding hydrogens is 381 g/mol. The van der Waals surface area contributed by atoms with Crippen molar-refractivity contribution >= 4 is 39.3 Å². The van der Waals surface area contributed by atoms with E-state index in [1.54, 1.807) is 30.3 Å². The molecule has 0 bridgehead atoms. The van der Waals surface area contributed by atoms with Crippen LogP contribution in [0.15, 0.2) is 52.5 Å². The second-order valence-corrected chi connectivity index (χ2v) is 5.52. The first kappa shape index (κ1) is 17.3. The highest BCUT2D eigenvalue weighted by Gasteiger charge is 2.15. The lowest BCUT2D eigenvalue weighted by Gasteiger charge is -2.05. The number of carbonyl (C=O) groups excluding carboxylic acids is 1. The Kier molecular flexibility index (Phi) is 5.39. The van der Waals surface area contributed by atoms with Crippen LogP contribution in [0.5, 0.6) is 0 Å². The molecule has 0 aliphatic rings. The van der Waals surface area contributed by atoms with Gasteiger partial charge >= 0.3 is 0 Å². The average Bonchev–Trinajstić information content (AvgIpc) is 2.54. The highest BCUT2D eigenvalue weighted by molar-refractivity contribution is 9.10. The quantitative estimate of drug-likeness (QED) is 0.369. The van der Waals surface area contributed by atoms with Crippen molar-refractivity contribution in [1.82, 2.24) is 0 Å². The predicted octanol–water partition coefficient (Wildman–Crippen LogP) is 4.04. The molecule has 1 amide bonds. The van der Waals surface area contributed by atoms with Crippen molar-refractivity contribution in [2.45, 2.75) is 0 Å². The number of rotatable bonds is 4. The number of non-ortho nitro benzene ring substituents is 1. The first-order valence-corrected chi connectivity index (χ1v) is 7.32. The molecule has 0 aromatic heterocycles. The van der Waals surface area contributed by atoms with Crippen molar-refractivity contribution in [2.75, 3.05) is 5.32 Å². The van der Waals surface area contributed by atoms with E-state index >= 15 is 0 Å². The number of nitro benzene ring substituents is 1. The van der Waals surface area contributed by atoms with E-state index in [1.165, 1.54) is 6.08 Å². The Balaban J connectivity index is 2.29. The van der Waals surface area contributed by atoms with Gasteiger partial charge in [-0.1, -0.05) is 28.1 Å². The number of nitrogens with zero attached hydrogens (tertiary/aromatic N) is 2. The van der Waals surface area contributed by atoms with E-state index in [0.29, 0.717) is 5.56 Å². The van der Waals surface area contributed by atoms with Crippen LogP contribution in [-0.4, -0.2) is 10.8 Å². The fourth-order valence-electron chi connectivity index (χ4n) is 1.82. The van der Waals surface area contributed by atoms with Gasteiger partial charge in [-0.05, 0) is 29.8 Å². The summed E-state index contributed by atoms with van der Waals surface area (Å²) >= 11 is 3.27. The molecule has 2 rings (SSSR count). The summed E-state index contributed by atoms with van der Waals surface area (Å²) in [7, 11) is 0. The summed E-state index contributed by atoms with van der Waals surface area (Å²) in [5, 5.41) is 22.0. The largest absolute Gasteiger partial charge is 0.319 e. The zero-order chi connectivity index (χ0) is 17.7. The number of nitrogens with one attached hydrogen (secondary N) is 1. The van der Waals surface area contributed by atoms with E-state index in [9.17, 15) is 19.3 Å². The second kappa shape index (κ2) is 7.48. The number of nitriles is 1. The number of hydrogen-bond donors (Lipinski definition) is 1. The minimum absolute atomic E-state index is 0.265. The molecular formula is C16H9BrFN3O3. The van der Waals surface area contributed by atoms with E-state index in [1.807, 2.05) is 0 Å². The maximum atomic E-state index is 13.7. The van der Waals surface area contributed by atoms with Crippen LogP contribution in [0.4, 0.5) is 15.8 Å². The summed E-state index contributed by atoms with van der Waals surface area (Å²) in [6.45, 7) is 0. The van der Waals surface area contributed by atoms with Gasteiger partial charge in [0.05, 0.1) is 10.6 Å². The maximum Gasteiger partial charge on any atom is 0.271 e. The predicted molar refractivity (Wildman–Crippen MR) is 89.4 cm³/mol. The molecule has 0 aliphatic heterocycles. The lowest BCUT2D eigenvalue weighted by atomic mass is 10.1. The fourth-order valence-corrected chi connectivity index (χ4v) is 2.24. The topological polar surface area (TPSA) is 96.0 Å². The zero-order valence-electron chi connectivity index (χ0n) is 12.0. The number of anilines is 1. The summed E-state index contributed by atoms with van der Waals surface area (Å²) in [5.74, 6) is -1.70. The van der Waals surface area contributed by atoms with Crippen LogP contribution >= 0.6 is 15.9 Å². The van der Waals surface area contributed by atoms with Crippen LogP contribution in [0, 0.1) is 27.3 Å². The molecule has 2 aromatic carbocycles. The summed E-state index contributed by atoms with van der Waals surface area (Å²) < 4.78 is 14.5. The Morgan fingerprint density at radius 2 is 2.08 bits per heavy atom. The zero-order valence-corrected chi connectivity index (χ0v) is 13.6. The molecule has 120 valence electrons. The number of halogens is 2. The molecule has 0 saturated carbocycles. The van der Waals surface area contributed by atoms with Crippen LogP contribution in [0.3, 0.4) is 0 Å². The van der Waals surface area contributed by atoms with Crippen molar-refractivity contribution < 1.29 is 14.1 Å². The SMILES string of the molecule is N#CC(=Cc1cccc(Br)c1)C(=O)Nc1cc([N+](=O)[O-])ccc1F. The highest BCUT2D eigenvalue weighted by atomic mass is 79.9. The van der Waals surface area contributed by atoms with Gasteiger partial charge in [-0.15, -0.1) is 0 Å². The number of carbonyl (C=O) groups is 1. The van der Waals surface area contributed by atoms with E-state index in [2.05, 4.69) is 21.2 Å². The molecule has 24 heavy (non-hydrogen) atoms. The van der Waals surface area contributed by atoms with E-state index in [4.69, 9.17) is 5.26 Å². The molecule has 0 spiro atoms. The summed E-state index contributed by atoms with van der Waals surface area (Å²) in [5.41, 5.74) is -0.416. The normalized spacial score (nSPS) is 10.8. The Morgan fingerprint density at radius 3 is 2.71 bits per heavy atom. The molecule has 0 heterocycles. The monoisotopic (exact) mass is 389 g/mol. The van der Waals surface area contributed by atoms with Crippen LogP contribution in [0.1, 0.15) is 5.56 Å². The molecule has 0 radical (unpaired) electrons. The maximum absolute atomic E-state index is 13.7. The van der Waals surface area contributed by atoms with Crippen molar-refractivity contribution in [3.63, 3.8) is 0 Å².